The number of anilines is 1. The molecule has 2 aromatic heterocycles. The van der Waals surface area contributed by atoms with E-state index in [1.807, 2.05) is 0 Å². The Morgan fingerprint density at radius 1 is 1.15 bits per heavy atom. The summed E-state index contributed by atoms with van der Waals surface area (Å²) in [5.74, 6) is 1.83. The van der Waals surface area contributed by atoms with Crippen molar-refractivity contribution in [1.82, 2.24) is 24.5 Å². The first kappa shape index (κ1) is 18.5. The van der Waals surface area contributed by atoms with Gasteiger partial charge in [0.1, 0.15) is 11.6 Å². The average Bonchev–Trinajstić information content (AvgIpc) is 3.13. The zero-order valence-electron chi connectivity index (χ0n) is 13.9. The Balaban J connectivity index is 1.61. The fourth-order valence-corrected chi connectivity index (χ4v) is 4.31. The number of sulfonamides is 1. The minimum Gasteiger partial charge on any atom is -0.369 e. The van der Waals surface area contributed by atoms with Crippen molar-refractivity contribution in [2.75, 3.05) is 18.4 Å². The molecule has 0 amide bonds. The van der Waals surface area contributed by atoms with Crippen LogP contribution in [-0.4, -0.2) is 41.3 Å². The molecular weight excluding hydrogens is 420 g/mol. The fourth-order valence-electron chi connectivity index (χ4n) is 2.28. The highest BCUT2D eigenvalue weighted by atomic mass is 79.9. The molecule has 136 valence electrons. The van der Waals surface area contributed by atoms with E-state index < -0.39 is 10.0 Å². The highest BCUT2D eigenvalue weighted by Gasteiger charge is 2.16. The first-order chi connectivity index (χ1) is 12.5. The molecule has 0 atom stereocenters. The summed E-state index contributed by atoms with van der Waals surface area (Å²) >= 11 is 3.25. The highest BCUT2D eigenvalue weighted by Crippen LogP contribution is 2.20. The molecule has 0 aliphatic carbocycles. The van der Waals surface area contributed by atoms with Gasteiger partial charge >= 0.3 is 0 Å². The normalized spacial score (nSPS) is 11.5. The zero-order valence-corrected chi connectivity index (χ0v) is 16.3. The Morgan fingerprint density at radius 2 is 1.96 bits per heavy atom. The molecule has 0 spiro atoms. The molecule has 2 N–H and O–H groups in total. The summed E-state index contributed by atoms with van der Waals surface area (Å²) in [4.78, 5) is 8.84. The fraction of sp³-hybridized carbons (Fsp3) is 0.188. The van der Waals surface area contributed by atoms with Crippen molar-refractivity contribution in [3.63, 3.8) is 0 Å². The van der Waals surface area contributed by atoms with E-state index in [4.69, 9.17) is 0 Å². The Bertz CT molecular complexity index is 992. The summed E-state index contributed by atoms with van der Waals surface area (Å²) in [5.41, 5.74) is 0. The van der Waals surface area contributed by atoms with Gasteiger partial charge in [0.2, 0.25) is 10.0 Å². The second-order valence-corrected chi connectivity index (χ2v) is 7.95. The van der Waals surface area contributed by atoms with Gasteiger partial charge in [0.05, 0.1) is 4.90 Å². The van der Waals surface area contributed by atoms with E-state index in [9.17, 15) is 8.42 Å². The lowest BCUT2D eigenvalue weighted by atomic mass is 10.4. The van der Waals surface area contributed by atoms with Gasteiger partial charge in [0, 0.05) is 36.0 Å². The van der Waals surface area contributed by atoms with Gasteiger partial charge in [-0.15, -0.1) is 0 Å². The quantitative estimate of drug-likeness (QED) is 0.550. The Kier molecular flexibility index (Phi) is 5.64. The first-order valence-electron chi connectivity index (χ1n) is 7.79. The van der Waals surface area contributed by atoms with E-state index in [0.29, 0.717) is 28.5 Å². The molecule has 0 aliphatic heterocycles. The van der Waals surface area contributed by atoms with Gasteiger partial charge in [-0.25, -0.2) is 27.8 Å². The predicted octanol–water partition coefficient (Wildman–Crippen LogP) is 2.12. The maximum absolute atomic E-state index is 12.3. The molecule has 0 saturated heterocycles. The number of benzene rings is 1. The van der Waals surface area contributed by atoms with Crippen LogP contribution in [0.2, 0.25) is 0 Å². The largest absolute Gasteiger partial charge is 0.369 e. The molecule has 0 bridgehead atoms. The SMILES string of the molecule is Cc1nc(NCCNS(=O)(=O)c2ccccc2Br)cc(-n2cccn2)n1. The molecule has 8 nitrogen and oxygen atoms in total. The van der Waals surface area contributed by atoms with Crippen molar-refractivity contribution < 1.29 is 8.42 Å². The second-order valence-electron chi connectivity index (χ2n) is 5.36. The van der Waals surface area contributed by atoms with E-state index in [1.165, 1.54) is 0 Å². The van der Waals surface area contributed by atoms with Crippen LogP contribution in [0.5, 0.6) is 0 Å². The van der Waals surface area contributed by atoms with Crippen LogP contribution in [0.25, 0.3) is 5.82 Å². The molecule has 0 saturated carbocycles. The first-order valence-corrected chi connectivity index (χ1v) is 10.1. The number of nitrogens with one attached hydrogen (secondary N) is 2. The molecule has 10 heteroatoms. The maximum Gasteiger partial charge on any atom is 0.241 e. The number of aryl methyl sites for hydroxylation is 1. The smallest absolute Gasteiger partial charge is 0.241 e. The number of hydrogen-bond donors (Lipinski definition) is 2. The monoisotopic (exact) mass is 436 g/mol. The summed E-state index contributed by atoms with van der Waals surface area (Å²) in [6, 6.07) is 10.2. The lowest BCUT2D eigenvalue weighted by Gasteiger charge is -2.10. The van der Waals surface area contributed by atoms with E-state index in [2.05, 4.69) is 41.0 Å². The molecule has 3 rings (SSSR count). The topological polar surface area (TPSA) is 102 Å². The molecular formula is C16H17BrN6O2S. The highest BCUT2D eigenvalue weighted by molar-refractivity contribution is 9.10. The molecule has 1 aromatic carbocycles. The van der Waals surface area contributed by atoms with E-state index in [1.54, 1.807) is 60.4 Å². The summed E-state index contributed by atoms with van der Waals surface area (Å²) in [6.07, 6.45) is 3.46. The lowest BCUT2D eigenvalue weighted by molar-refractivity contribution is 0.582. The van der Waals surface area contributed by atoms with Gasteiger partial charge in [-0.3, -0.25) is 0 Å². The Morgan fingerprint density at radius 3 is 2.69 bits per heavy atom. The van der Waals surface area contributed by atoms with Crippen molar-refractivity contribution in [2.45, 2.75) is 11.8 Å². The van der Waals surface area contributed by atoms with Crippen LogP contribution in [0, 0.1) is 6.92 Å². The van der Waals surface area contributed by atoms with Crippen LogP contribution in [0.4, 0.5) is 5.82 Å². The van der Waals surface area contributed by atoms with Crippen molar-refractivity contribution in [1.29, 1.82) is 0 Å². The third-order valence-corrected chi connectivity index (χ3v) is 5.89. The number of nitrogens with zero attached hydrogens (tertiary/aromatic N) is 4. The van der Waals surface area contributed by atoms with Crippen LogP contribution in [0.15, 0.2) is 58.2 Å². The predicted molar refractivity (Wildman–Crippen MR) is 102 cm³/mol. The molecule has 0 aliphatic rings. The summed E-state index contributed by atoms with van der Waals surface area (Å²) in [6.45, 7) is 2.37. The van der Waals surface area contributed by atoms with Crippen LogP contribution in [0.3, 0.4) is 0 Å². The van der Waals surface area contributed by atoms with Gasteiger partial charge in [-0.2, -0.15) is 5.10 Å². The van der Waals surface area contributed by atoms with Crippen molar-refractivity contribution >= 4 is 31.8 Å². The minimum atomic E-state index is -3.58. The third kappa shape index (κ3) is 4.45. The van der Waals surface area contributed by atoms with Crippen LogP contribution >= 0.6 is 15.9 Å². The summed E-state index contributed by atoms with van der Waals surface area (Å²) < 4.78 is 29.4. The third-order valence-electron chi connectivity index (χ3n) is 3.41. The van der Waals surface area contributed by atoms with Gasteiger partial charge < -0.3 is 5.32 Å². The molecule has 0 radical (unpaired) electrons. The van der Waals surface area contributed by atoms with Crippen molar-refractivity contribution in [2.24, 2.45) is 0 Å². The summed E-state index contributed by atoms with van der Waals surface area (Å²) in [5, 5.41) is 7.24. The Labute approximate surface area is 159 Å². The molecule has 2 heterocycles. The average molecular weight is 437 g/mol. The number of halogens is 1. The van der Waals surface area contributed by atoms with Crippen molar-refractivity contribution in [3.05, 3.63) is 59.1 Å². The van der Waals surface area contributed by atoms with Gasteiger partial charge in [0.15, 0.2) is 5.82 Å². The van der Waals surface area contributed by atoms with Gasteiger partial charge in [0.25, 0.3) is 0 Å². The molecule has 0 fully saturated rings. The molecule has 0 unspecified atom stereocenters. The van der Waals surface area contributed by atoms with E-state index >= 15 is 0 Å². The van der Waals surface area contributed by atoms with Crippen LogP contribution in [0.1, 0.15) is 5.82 Å². The molecule has 26 heavy (non-hydrogen) atoms. The zero-order chi connectivity index (χ0) is 18.6. The van der Waals surface area contributed by atoms with Crippen molar-refractivity contribution in [3.8, 4) is 5.82 Å². The molecule has 3 aromatic rings. The van der Waals surface area contributed by atoms with Crippen LogP contribution in [-0.2, 0) is 10.0 Å². The van der Waals surface area contributed by atoms with Gasteiger partial charge in [-0.05, 0) is 41.1 Å². The number of rotatable bonds is 7. The van der Waals surface area contributed by atoms with Crippen LogP contribution < -0.4 is 10.0 Å². The Hall–Kier alpha value is -2.30. The lowest BCUT2D eigenvalue weighted by Crippen LogP contribution is -2.29. The van der Waals surface area contributed by atoms with E-state index in [-0.39, 0.29) is 11.4 Å². The summed E-state index contributed by atoms with van der Waals surface area (Å²) in [7, 11) is -3.58. The standard InChI is InChI=1S/C16H17BrN6O2S/c1-12-21-15(11-16(22-12)23-10-4-7-19-23)18-8-9-20-26(24,25)14-6-3-2-5-13(14)17/h2-7,10-11,20H,8-9H2,1H3,(H,18,21,22). The maximum atomic E-state index is 12.3. The number of aromatic nitrogens is 4. The number of hydrogen-bond acceptors (Lipinski definition) is 6. The second kappa shape index (κ2) is 7.94. The van der Waals surface area contributed by atoms with E-state index in [0.717, 1.165) is 0 Å². The minimum absolute atomic E-state index is 0.207. The van der Waals surface area contributed by atoms with Gasteiger partial charge in [-0.1, -0.05) is 12.1 Å².